The van der Waals surface area contributed by atoms with Crippen molar-refractivity contribution in [1.82, 2.24) is 4.98 Å². The summed E-state index contributed by atoms with van der Waals surface area (Å²) in [7, 11) is 0. The number of nitrogens with zero attached hydrogens (tertiary/aromatic N) is 5. The Balaban J connectivity index is 2.18. The third-order valence-corrected chi connectivity index (χ3v) is 3.48. The number of azide groups is 1. The van der Waals surface area contributed by atoms with Crippen molar-refractivity contribution in [2.45, 2.75) is 6.42 Å². The molecule has 94 valence electrons. The lowest BCUT2D eigenvalue weighted by Gasteiger charge is -2.16. The molecule has 0 aliphatic carbocycles. The van der Waals surface area contributed by atoms with Crippen molar-refractivity contribution in [2.24, 2.45) is 11.0 Å². The van der Waals surface area contributed by atoms with Gasteiger partial charge in [-0.15, -0.1) is 0 Å². The minimum Gasteiger partial charge on any atom is -0.312 e. The Morgan fingerprint density at radius 3 is 2.78 bits per heavy atom. The third-order valence-electron chi connectivity index (χ3n) is 2.67. The van der Waals surface area contributed by atoms with Crippen molar-refractivity contribution in [3.63, 3.8) is 0 Å². The van der Waals surface area contributed by atoms with Gasteiger partial charge in [-0.3, -0.25) is 4.79 Å². The van der Waals surface area contributed by atoms with E-state index in [0.717, 1.165) is 5.69 Å². The molecule has 2 rings (SSSR count). The Hall–Kier alpha value is -1.11. The number of pyridine rings is 1. The minimum absolute atomic E-state index is 0.0399. The van der Waals surface area contributed by atoms with Gasteiger partial charge in [0, 0.05) is 30.1 Å². The molecule has 1 aliphatic rings. The molecule has 1 aromatic heterocycles. The van der Waals surface area contributed by atoms with Crippen molar-refractivity contribution in [3.05, 3.63) is 31.8 Å². The van der Waals surface area contributed by atoms with Crippen molar-refractivity contribution in [2.75, 3.05) is 18.0 Å². The quantitative estimate of drug-likeness (QED) is 0.352. The lowest BCUT2D eigenvalue weighted by molar-refractivity contribution is -0.117. The molecule has 1 atom stereocenters. The van der Waals surface area contributed by atoms with E-state index in [4.69, 9.17) is 5.53 Å². The van der Waals surface area contributed by atoms with Crippen LogP contribution in [0.1, 0.15) is 6.42 Å². The number of aromatic nitrogens is 1. The summed E-state index contributed by atoms with van der Waals surface area (Å²) in [4.78, 5) is 20.4. The van der Waals surface area contributed by atoms with Crippen LogP contribution in [-0.2, 0) is 4.79 Å². The standard InChI is InChI=1S/C10H9Br2N5O/c11-8-2-7(3-9(12)15-8)17-5-6(1-10(17)18)4-14-16-13/h2-3,6H,1,4-5H2. The fourth-order valence-corrected chi connectivity index (χ4v) is 3.00. The molecule has 1 saturated heterocycles. The summed E-state index contributed by atoms with van der Waals surface area (Å²) in [6.07, 6.45) is 0.413. The van der Waals surface area contributed by atoms with Gasteiger partial charge in [-0.05, 0) is 55.4 Å². The van der Waals surface area contributed by atoms with Crippen LogP contribution in [0.5, 0.6) is 0 Å². The smallest absolute Gasteiger partial charge is 0.227 e. The van der Waals surface area contributed by atoms with Crippen LogP contribution in [0.25, 0.3) is 10.4 Å². The van der Waals surface area contributed by atoms with E-state index in [0.29, 0.717) is 28.7 Å². The highest BCUT2D eigenvalue weighted by molar-refractivity contribution is 9.11. The molecule has 0 saturated carbocycles. The monoisotopic (exact) mass is 373 g/mol. The lowest BCUT2D eigenvalue weighted by Crippen LogP contribution is -2.24. The molecule has 6 nitrogen and oxygen atoms in total. The molecule has 1 amide bonds. The summed E-state index contributed by atoms with van der Waals surface area (Å²) in [6, 6.07) is 3.58. The second-order valence-electron chi connectivity index (χ2n) is 3.96. The van der Waals surface area contributed by atoms with E-state index in [1.807, 2.05) is 0 Å². The molecule has 1 aromatic rings. The fourth-order valence-electron chi connectivity index (χ4n) is 1.91. The molecular weight excluding hydrogens is 366 g/mol. The molecule has 0 radical (unpaired) electrons. The first kappa shape index (κ1) is 13.3. The van der Waals surface area contributed by atoms with Crippen LogP contribution in [0.2, 0.25) is 0 Å². The SMILES string of the molecule is [N-]=[N+]=NCC1CC(=O)N(c2cc(Br)nc(Br)c2)C1. The summed E-state index contributed by atoms with van der Waals surface area (Å²) in [6.45, 7) is 0.924. The summed E-state index contributed by atoms with van der Waals surface area (Å²) in [5.74, 6) is 0.122. The van der Waals surface area contributed by atoms with Crippen molar-refractivity contribution in [3.8, 4) is 0 Å². The maximum absolute atomic E-state index is 11.9. The van der Waals surface area contributed by atoms with Gasteiger partial charge in [0.2, 0.25) is 5.91 Å². The number of carbonyl (C=O) groups excluding carboxylic acids is 1. The molecular formula is C10H9Br2N5O. The summed E-state index contributed by atoms with van der Waals surface area (Å²) in [5, 5.41) is 3.52. The first-order valence-electron chi connectivity index (χ1n) is 5.24. The lowest BCUT2D eigenvalue weighted by atomic mass is 10.1. The largest absolute Gasteiger partial charge is 0.312 e. The van der Waals surface area contributed by atoms with Crippen LogP contribution in [0.15, 0.2) is 26.5 Å². The zero-order valence-electron chi connectivity index (χ0n) is 9.25. The van der Waals surface area contributed by atoms with Crippen LogP contribution in [0.4, 0.5) is 5.69 Å². The number of rotatable bonds is 3. The Morgan fingerprint density at radius 1 is 1.50 bits per heavy atom. The number of amides is 1. The van der Waals surface area contributed by atoms with E-state index in [-0.39, 0.29) is 11.8 Å². The van der Waals surface area contributed by atoms with Crippen LogP contribution in [0, 0.1) is 5.92 Å². The van der Waals surface area contributed by atoms with E-state index in [2.05, 4.69) is 46.9 Å². The predicted octanol–water partition coefficient (Wildman–Crippen LogP) is 3.27. The number of halogens is 2. The van der Waals surface area contributed by atoms with Crippen molar-refractivity contribution >= 4 is 43.5 Å². The second-order valence-corrected chi connectivity index (χ2v) is 5.58. The van der Waals surface area contributed by atoms with Crippen LogP contribution in [0.3, 0.4) is 0 Å². The number of hydrogen-bond acceptors (Lipinski definition) is 3. The van der Waals surface area contributed by atoms with Gasteiger partial charge in [0.1, 0.15) is 9.21 Å². The Bertz CT molecular complexity index is 509. The van der Waals surface area contributed by atoms with Gasteiger partial charge in [-0.25, -0.2) is 4.98 Å². The van der Waals surface area contributed by atoms with Gasteiger partial charge < -0.3 is 4.90 Å². The second kappa shape index (κ2) is 5.69. The number of anilines is 1. The first-order chi connectivity index (χ1) is 8.60. The normalized spacial score (nSPS) is 18.9. The Kier molecular flexibility index (Phi) is 4.21. The zero-order valence-corrected chi connectivity index (χ0v) is 12.4. The van der Waals surface area contributed by atoms with E-state index in [1.165, 1.54) is 0 Å². The highest BCUT2D eigenvalue weighted by Gasteiger charge is 2.30. The van der Waals surface area contributed by atoms with Crippen molar-refractivity contribution in [1.29, 1.82) is 0 Å². The van der Waals surface area contributed by atoms with Gasteiger partial charge in [-0.2, -0.15) is 0 Å². The van der Waals surface area contributed by atoms with Crippen LogP contribution in [-0.4, -0.2) is 24.0 Å². The minimum atomic E-state index is 0.0399. The topological polar surface area (TPSA) is 82.0 Å². The molecule has 2 heterocycles. The Labute approximate surface area is 120 Å². The predicted molar refractivity (Wildman–Crippen MR) is 74.1 cm³/mol. The average Bonchev–Trinajstić information content (AvgIpc) is 2.66. The van der Waals surface area contributed by atoms with E-state index in [9.17, 15) is 4.79 Å². The first-order valence-corrected chi connectivity index (χ1v) is 6.83. The molecule has 0 N–H and O–H groups in total. The van der Waals surface area contributed by atoms with Gasteiger partial charge in [0.25, 0.3) is 0 Å². The Morgan fingerprint density at radius 2 is 2.17 bits per heavy atom. The van der Waals surface area contributed by atoms with Gasteiger partial charge in [-0.1, -0.05) is 5.11 Å². The van der Waals surface area contributed by atoms with E-state index >= 15 is 0 Å². The van der Waals surface area contributed by atoms with Gasteiger partial charge in [0.05, 0.1) is 0 Å². The molecule has 0 spiro atoms. The summed E-state index contributed by atoms with van der Waals surface area (Å²) in [5.41, 5.74) is 9.08. The number of carbonyl (C=O) groups is 1. The van der Waals surface area contributed by atoms with Crippen LogP contribution < -0.4 is 4.90 Å². The number of hydrogen-bond donors (Lipinski definition) is 0. The van der Waals surface area contributed by atoms with E-state index < -0.39 is 0 Å². The van der Waals surface area contributed by atoms with Gasteiger partial charge >= 0.3 is 0 Å². The molecule has 8 heteroatoms. The molecule has 0 aromatic carbocycles. The maximum Gasteiger partial charge on any atom is 0.227 e. The molecule has 1 unspecified atom stereocenters. The third kappa shape index (κ3) is 3.01. The molecule has 0 bridgehead atoms. The highest BCUT2D eigenvalue weighted by Crippen LogP contribution is 2.28. The fraction of sp³-hybridized carbons (Fsp3) is 0.400. The molecule has 18 heavy (non-hydrogen) atoms. The molecule has 1 fully saturated rings. The van der Waals surface area contributed by atoms with E-state index in [1.54, 1.807) is 17.0 Å². The highest BCUT2D eigenvalue weighted by atomic mass is 79.9. The zero-order chi connectivity index (χ0) is 13.1. The van der Waals surface area contributed by atoms with Crippen LogP contribution >= 0.6 is 31.9 Å². The van der Waals surface area contributed by atoms with Crippen molar-refractivity contribution < 1.29 is 4.79 Å². The van der Waals surface area contributed by atoms with Gasteiger partial charge in [0.15, 0.2) is 0 Å². The molecule has 1 aliphatic heterocycles. The maximum atomic E-state index is 11.9. The average molecular weight is 375 g/mol. The summed E-state index contributed by atoms with van der Waals surface area (Å²) < 4.78 is 1.33. The summed E-state index contributed by atoms with van der Waals surface area (Å²) >= 11 is 6.58.